The average molecular weight is 464 g/mol. The van der Waals surface area contributed by atoms with Gasteiger partial charge in [-0.15, -0.1) is 0 Å². The molecule has 2 aliphatic rings. The van der Waals surface area contributed by atoms with Gasteiger partial charge in [-0.2, -0.15) is 4.31 Å². The molecule has 1 atom stereocenters. The van der Waals surface area contributed by atoms with Crippen LogP contribution in [-0.2, 0) is 26.0 Å². The molecule has 1 aromatic rings. The van der Waals surface area contributed by atoms with Gasteiger partial charge in [0.2, 0.25) is 21.8 Å². The molecule has 178 valence electrons. The number of hydrogen-bond donors (Lipinski definition) is 1. The molecule has 0 unspecified atom stereocenters. The topological polar surface area (TPSA) is 86.8 Å². The fraction of sp³-hybridized carbons (Fsp3) is 0.667. The Morgan fingerprint density at radius 2 is 1.78 bits per heavy atom. The lowest BCUT2D eigenvalue weighted by Gasteiger charge is -2.47. The van der Waals surface area contributed by atoms with Crippen molar-refractivity contribution in [1.82, 2.24) is 9.62 Å². The number of sulfonamides is 1. The maximum absolute atomic E-state index is 13.7. The highest BCUT2D eigenvalue weighted by Crippen LogP contribution is 2.34. The van der Waals surface area contributed by atoms with Crippen LogP contribution in [0.3, 0.4) is 0 Å². The third kappa shape index (κ3) is 5.17. The number of rotatable bonds is 7. The van der Waals surface area contributed by atoms with Crippen molar-refractivity contribution in [3.05, 3.63) is 29.8 Å². The van der Waals surface area contributed by atoms with E-state index in [0.717, 1.165) is 31.2 Å². The number of aryl methyl sites for hydroxylation is 1. The molecule has 0 radical (unpaired) electrons. The van der Waals surface area contributed by atoms with Crippen molar-refractivity contribution in [2.45, 2.75) is 83.7 Å². The number of para-hydroxylation sites is 1. The van der Waals surface area contributed by atoms with Gasteiger partial charge in [-0.1, -0.05) is 57.7 Å². The number of amides is 2. The number of anilines is 1. The maximum Gasteiger partial charge on any atom is 0.247 e. The van der Waals surface area contributed by atoms with Gasteiger partial charge in [-0.05, 0) is 44.2 Å². The Morgan fingerprint density at radius 1 is 1.12 bits per heavy atom. The zero-order chi connectivity index (χ0) is 23.4. The molecule has 3 rings (SSSR count). The third-order valence-corrected chi connectivity index (χ3v) is 8.66. The van der Waals surface area contributed by atoms with Crippen LogP contribution >= 0.6 is 0 Å². The highest BCUT2D eigenvalue weighted by molar-refractivity contribution is 7.89. The molecule has 0 spiro atoms. The van der Waals surface area contributed by atoms with E-state index in [9.17, 15) is 18.0 Å². The molecule has 1 saturated carbocycles. The van der Waals surface area contributed by atoms with Crippen molar-refractivity contribution < 1.29 is 18.0 Å². The van der Waals surface area contributed by atoms with Gasteiger partial charge >= 0.3 is 0 Å². The van der Waals surface area contributed by atoms with E-state index in [1.807, 2.05) is 31.2 Å². The van der Waals surface area contributed by atoms with Crippen LogP contribution in [-0.4, -0.2) is 55.0 Å². The molecular weight excluding hydrogens is 426 g/mol. The summed E-state index contributed by atoms with van der Waals surface area (Å²) in [5, 5.41) is 3.18. The van der Waals surface area contributed by atoms with Crippen LogP contribution in [0.2, 0.25) is 0 Å². The smallest absolute Gasteiger partial charge is 0.247 e. The number of carbonyl (C=O) groups excluding carboxylic acids is 2. The fourth-order valence-corrected chi connectivity index (χ4v) is 6.45. The minimum absolute atomic E-state index is 0.0356. The van der Waals surface area contributed by atoms with E-state index in [4.69, 9.17) is 0 Å². The predicted octanol–water partition coefficient (Wildman–Crippen LogP) is 3.24. The van der Waals surface area contributed by atoms with E-state index in [2.05, 4.69) is 5.32 Å². The molecule has 2 amide bonds. The SMILES string of the molecule is CCCS(=O)(=O)N1CC(=O)N(c2ccccc2CC)[C@](C)(C(=O)NC2CCCCCC2)C1. The molecule has 1 aromatic carbocycles. The van der Waals surface area contributed by atoms with Crippen LogP contribution in [0.4, 0.5) is 5.69 Å². The lowest BCUT2D eigenvalue weighted by atomic mass is 9.92. The summed E-state index contributed by atoms with van der Waals surface area (Å²) >= 11 is 0. The first-order chi connectivity index (χ1) is 15.2. The summed E-state index contributed by atoms with van der Waals surface area (Å²) in [6.45, 7) is 5.22. The van der Waals surface area contributed by atoms with Crippen molar-refractivity contribution >= 4 is 27.5 Å². The molecule has 32 heavy (non-hydrogen) atoms. The van der Waals surface area contributed by atoms with E-state index in [1.54, 1.807) is 18.7 Å². The van der Waals surface area contributed by atoms with E-state index in [-0.39, 0.29) is 36.7 Å². The minimum Gasteiger partial charge on any atom is -0.351 e. The monoisotopic (exact) mass is 463 g/mol. The Kier molecular flexibility index (Phi) is 7.98. The third-order valence-electron chi connectivity index (χ3n) is 6.69. The summed E-state index contributed by atoms with van der Waals surface area (Å²) in [4.78, 5) is 28.7. The molecule has 1 aliphatic carbocycles. The van der Waals surface area contributed by atoms with E-state index < -0.39 is 15.6 Å². The summed E-state index contributed by atoms with van der Waals surface area (Å²) in [6.07, 6.45) is 7.47. The van der Waals surface area contributed by atoms with Crippen LogP contribution in [0.1, 0.15) is 71.3 Å². The lowest BCUT2D eigenvalue weighted by Crippen LogP contribution is -2.71. The Morgan fingerprint density at radius 3 is 2.41 bits per heavy atom. The van der Waals surface area contributed by atoms with Crippen molar-refractivity contribution in [3.63, 3.8) is 0 Å². The van der Waals surface area contributed by atoms with Crippen LogP contribution in [0.25, 0.3) is 0 Å². The number of hydrogen-bond acceptors (Lipinski definition) is 4. The van der Waals surface area contributed by atoms with Crippen molar-refractivity contribution in [2.24, 2.45) is 0 Å². The molecule has 1 heterocycles. The first-order valence-corrected chi connectivity index (χ1v) is 13.5. The fourth-order valence-electron chi connectivity index (χ4n) is 4.92. The van der Waals surface area contributed by atoms with Gasteiger partial charge in [-0.3, -0.25) is 14.5 Å². The number of carbonyl (C=O) groups is 2. The quantitative estimate of drug-likeness (QED) is 0.629. The molecule has 2 fully saturated rings. The number of piperazine rings is 1. The maximum atomic E-state index is 13.7. The van der Waals surface area contributed by atoms with E-state index >= 15 is 0 Å². The largest absolute Gasteiger partial charge is 0.351 e. The highest BCUT2D eigenvalue weighted by Gasteiger charge is 2.51. The number of nitrogens with zero attached hydrogens (tertiary/aromatic N) is 2. The van der Waals surface area contributed by atoms with Gasteiger partial charge in [0.05, 0.1) is 12.3 Å². The van der Waals surface area contributed by atoms with Crippen LogP contribution in [0, 0.1) is 0 Å². The van der Waals surface area contributed by atoms with Crippen molar-refractivity contribution in [1.29, 1.82) is 0 Å². The normalized spacial score (nSPS) is 23.7. The van der Waals surface area contributed by atoms with Gasteiger partial charge in [0.25, 0.3) is 0 Å². The second-order valence-corrected chi connectivity index (χ2v) is 11.3. The summed E-state index contributed by atoms with van der Waals surface area (Å²) in [7, 11) is -3.63. The molecule has 1 N–H and O–H groups in total. The van der Waals surface area contributed by atoms with Gasteiger partial charge < -0.3 is 5.32 Å². The van der Waals surface area contributed by atoms with Crippen LogP contribution in [0.5, 0.6) is 0 Å². The second kappa shape index (κ2) is 10.3. The Labute approximate surface area is 192 Å². The predicted molar refractivity (Wildman–Crippen MR) is 127 cm³/mol. The zero-order valence-electron chi connectivity index (χ0n) is 19.6. The Bertz CT molecular complexity index is 925. The van der Waals surface area contributed by atoms with Gasteiger partial charge in [0.1, 0.15) is 5.54 Å². The number of benzene rings is 1. The van der Waals surface area contributed by atoms with Gasteiger partial charge in [-0.25, -0.2) is 8.42 Å². The molecular formula is C24H37N3O4S. The minimum atomic E-state index is -3.63. The van der Waals surface area contributed by atoms with Crippen molar-refractivity contribution in [3.8, 4) is 0 Å². The molecule has 1 aliphatic heterocycles. The summed E-state index contributed by atoms with van der Waals surface area (Å²) in [6, 6.07) is 7.63. The Balaban J connectivity index is 2.00. The first kappa shape index (κ1) is 24.7. The standard InChI is InChI=1S/C24H37N3O4S/c1-4-16-32(30,31)26-17-22(28)27(21-15-11-10-12-19(21)5-2)24(3,18-26)23(29)25-20-13-8-6-7-9-14-20/h10-12,15,20H,4-9,13-14,16-18H2,1-3H3,(H,25,29)/t24-/m0/s1. The highest BCUT2D eigenvalue weighted by atomic mass is 32.2. The van der Waals surface area contributed by atoms with E-state index in [1.165, 1.54) is 17.1 Å². The van der Waals surface area contributed by atoms with Crippen LogP contribution < -0.4 is 10.2 Å². The average Bonchev–Trinajstić information content (AvgIpc) is 3.02. The lowest BCUT2D eigenvalue weighted by molar-refractivity contribution is -0.133. The first-order valence-electron chi connectivity index (χ1n) is 11.9. The molecule has 0 aromatic heterocycles. The van der Waals surface area contributed by atoms with Gasteiger partial charge in [0.15, 0.2) is 0 Å². The molecule has 7 nitrogen and oxygen atoms in total. The van der Waals surface area contributed by atoms with Crippen molar-refractivity contribution in [2.75, 3.05) is 23.7 Å². The van der Waals surface area contributed by atoms with Crippen LogP contribution in [0.15, 0.2) is 24.3 Å². The zero-order valence-corrected chi connectivity index (χ0v) is 20.4. The summed E-state index contributed by atoms with van der Waals surface area (Å²) in [5.41, 5.74) is 0.318. The second-order valence-electron chi connectivity index (χ2n) is 9.23. The summed E-state index contributed by atoms with van der Waals surface area (Å²) in [5.74, 6) is -0.679. The molecule has 0 bridgehead atoms. The van der Waals surface area contributed by atoms with E-state index in [0.29, 0.717) is 18.5 Å². The summed E-state index contributed by atoms with van der Waals surface area (Å²) < 4.78 is 26.9. The number of nitrogens with one attached hydrogen (secondary N) is 1. The Hall–Kier alpha value is -1.93. The molecule has 8 heteroatoms. The van der Waals surface area contributed by atoms with Gasteiger partial charge in [0, 0.05) is 18.3 Å². The molecule has 1 saturated heterocycles.